The number of hydrogen-bond acceptors (Lipinski definition) is 10. The molecule has 4 N–H and O–H groups in total. The predicted molar refractivity (Wildman–Crippen MR) is 360 cm³/mol. The Morgan fingerprint density at radius 1 is 0.301 bits per heavy atom. The summed E-state index contributed by atoms with van der Waals surface area (Å²) in [5.41, 5.74) is 0. The lowest BCUT2D eigenvalue weighted by Gasteiger charge is -2.27. The normalized spacial score (nSPS) is 12.5. The van der Waals surface area contributed by atoms with Crippen molar-refractivity contribution in [3.8, 4) is 0 Å². The van der Waals surface area contributed by atoms with E-state index < -0.39 is 12.2 Å². The maximum Gasteiger partial charge on any atom is 0.305 e. The number of rotatable bonds is 72. The van der Waals surface area contributed by atoms with Crippen molar-refractivity contribution in [1.82, 2.24) is 20.4 Å². The molecule has 10 nitrogen and oxygen atoms in total. The molecule has 10 heteroatoms. The molecule has 0 saturated carbocycles. The van der Waals surface area contributed by atoms with Crippen LogP contribution in [0.1, 0.15) is 368 Å². The lowest BCUT2D eigenvalue weighted by Crippen LogP contribution is -2.40. The smallest absolute Gasteiger partial charge is 0.305 e. The van der Waals surface area contributed by atoms with E-state index in [4.69, 9.17) is 9.47 Å². The van der Waals surface area contributed by atoms with Gasteiger partial charge in [0.25, 0.3) is 0 Å². The Hall–Kier alpha value is -1.30. The zero-order valence-corrected chi connectivity index (χ0v) is 56.5. The van der Waals surface area contributed by atoms with Gasteiger partial charge >= 0.3 is 11.9 Å². The van der Waals surface area contributed by atoms with Crippen LogP contribution in [0.25, 0.3) is 0 Å². The fourth-order valence-electron chi connectivity index (χ4n) is 11.8. The van der Waals surface area contributed by atoms with Gasteiger partial charge in [-0.2, -0.15) is 0 Å². The number of carbonyl (C=O) groups is 2. The van der Waals surface area contributed by atoms with Crippen molar-refractivity contribution in [3.05, 3.63) is 0 Å². The first kappa shape index (κ1) is 81.7. The maximum atomic E-state index is 12.4. The van der Waals surface area contributed by atoms with Gasteiger partial charge in [0.05, 0.1) is 25.4 Å². The van der Waals surface area contributed by atoms with E-state index in [1.54, 1.807) is 0 Å². The molecule has 0 aromatic carbocycles. The third-order valence-corrected chi connectivity index (χ3v) is 17.3. The summed E-state index contributed by atoms with van der Waals surface area (Å²) < 4.78 is 11.1. The molecule has 0 spiro atoms. The second kappa shape index (κ2) is 69.8. The molecule has 83 heavy (non-hydrogen) atoms. The Labute approximate surface area is 518 Å². The number of aliphatic hydroxyl groups is 2. The van der Waals surface area contributed by atoms with Crippen molar-refractivity contribution in [2.24, 2.45) is 0 Å². The molecule has 0 rings (SSSR count). The minimum absolute atomic E-state index is 0.0982. The minimum atomic E-state index is -0.459. The Morgan fingerprint density at radius 3 is 0.747 bits per heavy atom. The third kappa shape index (κ3) is 66.5. The number of aliphatic hydroxyl groups excluding tert-OH is 2. The molecule has 0 aromatic rings. The van der Waals surface area contributed by atoms with Gasteiger partial charge < -0.3 is 40.1 Å². The van der Waals surface area contributed by atoms with Crippen LogP contribution in [0.4, 0.5) is 0 Å². The third-order valence-electron chi connectivity index (χ3n) is 17.3. The highest BCUT2D eigenvalue weighted by atomic mass is 16.5. The average Bonchev–Trinajstić information content (AvgIpc) is 3.47. The van der Waals surface area contributed by atoms with Gasteiger partial charge in [0.2, 0.25) is 0 Å². The number of unbranched alkanes of at least 4 members (excludes halogenated alkanes) is 44. The first-order valence-corrected chi connectivity index (χ1v) is 37.4. The second-order valence-corrected chi connectivity index (χ2v) is 25.9. The molecule has 0 fully saturated rings. The molecular formula is C73H148N4O6. The predicted octanol–water partition coefficient (Wildman–Crippen LogP) is 19.3. The van der Waals surface area contributed by atoms with Crippen molar-refractivity contribution < 1.29 is 29.3 Å². The molecule has 0 radical (unpaired) electrons. The number of ether oxygens (including phenoxy) is 2. The Bertz CT molecular complexity index is 1260. The van der Waals surface area contributed by atoms with Crippen LogP contribution in [0.2, 0.25) is 0 Å². The van der Waals surface area contributed by atoms with E-state index in [0.717, 1.165) is 77.5 Å². The van der Waals surface area contributed by atoms with E-state index in [-0.39, 0.29) is 11.9 Å². The quantitative estimate of drug-likeness (QED) is 0.0346. The summed E-state index contributed by atoms with van der Waals surface area (Å²) in [5.74, 6) is -0.199. The zero-order valence-electron chi connectivity index (χ0n) is 56.5. The first-order valence-electron chi connectivity index (χ1n) is 37.4. The number of carbonyl (C=O) groups excluding carboxylic acids is 2. The van der Waals surface area contributed by atoms with Gasteiger partial charge in [0.1, 0.15) is 0 Å². The van der Waals surface area contributed by atoms with Crippen LogP contribution < -0.4 is 10.6 Å². The summed E-state index contributed by atoms with van der Waals surface area (Å²) >= 11 is 0. The monoisotopic (exact) mass is 1180 g/mol. The average molecular weight is 1180 g/mol. The van der Waals surface area contributed by atoms with Gasteiger partial charge in [-0.3, -0.25) is 9.59 Å². The van der Waals surface area contributed by atoms with Crippen LogP contribution in [0.3, 0.4) is 0 Å². The zero-order chi connectivity index (χ0) is 60.3. The number of hydrogen-bond donors (Lipinski definition) is 4. The highest BCUT2D eigenvalue weighted by Crippen LogP contribution is 2.17. The number of esters is 2. The Balaban J connectivity index is 4.94. The van der Waals surface area contributed by atoms with Crippen LogP contribution in [0, 0.1) is 0 Å². The Morgan fingerprint density at radius 2 is 0.506 bits per heavy atom. The Kier molecular flexibility index (Phi) is 68.7. The van der Waals surface area contributed by atoms with Gasteiger partial charge in [0, 0.05) is 39.0 Å². The molecular weight excluding hydrogens is 1030 g/mol. The summed E-state index contributed by atoms with van der Waals surface area (Å²) in [6.07, 6.45) is 65.4. The van der Waals surface area contributed by atoms with Gasteiger partial charge in [-0.25, -0.2) is 0 Å². The summed E-state index contributed by atoms with van der Waals surface area (Å²) in [5, 5.41) is 29.4. The molecule has 0 aliphatic carbocycles. The topological polar surface area (TPSA) is 124 Å². The standard InChI is InChI=1S/C73H148N4O6/c1-5-9-13-17-21-25-29-32-35-39-43-47-53-65-83-73(81)57-55-59-75-67-71(79)69-77(61-49-45-41-37-34-31-27-23-19-15-11-7-3)63-51-50-62-76(60-48-44-40-36-33-30-26-22-18-14-10-6-2)68-70(78)66-74-58-54-56-72(80)82-64-52-46-42-38-28-24-20-16-12-8-4/h70-71,74-75,78-79H,5-69H2,1-4H3. The van der Waals surface area contributed by atoms with E-state index in [9.17, 15) is 19.8 Å². The summed E-state index contributed by atoms with van der Waals surface area (Å²) in [7, 11) is 0. The summed E-state index contributed by atoms with van der Waals surface area (Å²) in [6, 6.07) is 0. The van der Waals surface area contributed by atoms with Crippen molar-refractivity contribution >= 4 is 11.9 Å². The molecule has 0 amide bonds. The van der Waals surface area contributed by atoms with Crippen LogP contribution >= 0.6 is 0 Å². The molecule has 0 aliphatic heterocycles. The SMILES string of the molecule is CCCCCCCCCCCCCCCOC(=O)CCCNCC(O)CN(CCCCCCCCCCCCCC)CCCCN(CCCCCCCCCCCCCC)CC(O)CNCCCC(=O)OCCCCCCCCCCCC. The summed E-state index contributed by atoms with van der Waals surface area (Å²) in [4.78, 5) is 29.8. The fraction of sp³-hybridized carbons (Fsp3) is 0.973. The fourth-order valence-corrected chi connectivity index (χ4v) is 11.8. The molecule has 496 valence electrons. The van der Waals surface area contributed by atoms with Gasteiger partial charge in [-0.05, 0) is 90.6 Å². The molecule has 2 unspecified atom stereocenters. The lowest BCUT2D eigenvalue weighted by molar-refractivity contribution is -0.144. The molecule has 0 heterocycles. The highest BCUT2D eigenvalue weighted by molar-refractivity contribution is 5.69. The van der Waals surface area contributed by atoms with E-state index in [2.05, 4.69) is 48.1 Å². The summed E-state index contributed by atoms with van der Waals surface area (Å²) in [6.45, 7) is 18.0. The molecule has 0 bridgehead atoms. The molecule has 0 aromatic heterocycles. The van der Waals surface area contributed by atoms with Crippen molar-refractivity contribution in [3.63, 3.8) is 0 Å². The van der Waals surface area contributed by atoms with E-state index in [1.165, 1.54) is 276 Å². The first-order chi connectivity index (χ1) is 40.9. The van der Waals surface area contributed by atoms with E-state index in [1.807, 2.05) is 0 Å². The number of nitrogens with one attached hydrogen (secondary N) is 2. The molecule has 0 saturated heterocycles. The maximum absolute atomic E-state index is 12.4. The lowest BCUT2D eigenvalue weighted by atomic mass is 10.0. The van der Waals surface area contributed by atoms with Gasteiger partial charge in [-0.1, -0.05) is 304 Å². The van der Waals surface area contributed by atoms with Crippen LogP contribution in [-0.4, -0.2) is 123 Å². The van der Waals surface area contributed by atoms with Crippen molar-refractivity contribution in [2.75, 3.05) is 78.7 Å². The van der Waals surface area contributed by atoms with Gasteiger partial charge in [-0.15, -0.1) is 0 Å². The van der Waals surface area contributed by atoms with Crippen LogP contribution in [-0.2, 0) is 19.1 Å². The van der Waals surface area contributed by atoms with Crippen molar-refractivity contribution in [1.29, 1.82) is 0 Å². The largest absolute Gasteiger partial charge is 0.466 e. The highest BCUT2D eigenvalue weighted by Gasteiger charge is 2.15. The van der Waals surface area contributed by atoms with Gasteiger partial charge in [0.15, 0.2) is 0 Å². The second-order valence-electron chi connectivity index (χ2n) is 25.9. The minimum Gasteiger partial charge on any atom is -0.466 e. The number of nitrogens with zero attached hydrogens (tertiary/aromatic N) is 2. The molecule has 2 atom stereocenters. The van der Waals surface area contributed by atoms with Crippen LogP contribution in [0.15, 0.2) is 0 Å². The van der Waals surface area contributed by atoms with E-state index in [0.29, 0.717) is 65.3 Å². The van der Waals surface area contributed by atoms with E-state index >= 15 is 0 Å². The molecule has 0 aliphatic rings. The van der Waals surface area contributed by atoms with Crippen molar-refractivity contribution in [2.45, 2.75) is 380 Å². The van der Waals surface area contributed by atoms with Crippen LogP contribution in [0.5, 0.6) is 0 Å².